The van der Waals surface area contributed by atoms with Crippen LogP contribution in [0, 0.1) is 0 Å². The van der Waals surface area contributed by atoms with Crippen molar-refractivity contribution in [3.63, 3.8) is 0 Å². The molecule has 0 atom stereocenters. The summed E-state index contributed by atoms with van der Waals surface area (Å²) in [5, 5.41) is 11.9. The van der Waals surface area contributed by atoms with E-state index >= 15 is 0 Å². The second kappa shape index (κ2) is 19.9. The van der Waals surface area contributed by atoms with Gasteiger partial charge in [0.1, 0.15) is 5.69 Å². The van der Waals surface area contributed by atoms with Crippen molar-refractivity contribution in [1.29, 1.82) is 0 Å². The molecule has 4 aromatic carbocycles. The zero-order valence-electron chi connectivity index (χ0n) is 22.5. The Morgan fingerprint density at radius 2 is 1.16 bits per heavy atom. The molecule has 0 amide bonds. The third-order valence-corrected chi connectivity index (χ3v) is 6.38. The second-order valence-corrected chi connectivity index (χ2v) is 10.3. The normalized spacial score (nSPS) is 9.53. The molecule has 0 fully saturated rings. The molecule has 0 aliphatic rings. The fourth-order valence-corrected chi connectivity index (χ4v) is 4.31. The molecule has 0 bridgehead atoms. The molecule has 0 radical (unpaired) electrons. The van der Waals surface area contributed by atoms with Crippen molar-refractivity contribution in [2.75, 3.05) is 10.8 Å². The Morgan fingerprint density at radius 1 is 0.698 bits per heavy atom. The number of carbonyl (C=O) groups is 3. The summed E-state index contributed by atoms with van der Waals surface area (Å²) < 4.78 is 0. The fraction of sp³-hybridized carbons (Fsp3) is 0.100. The lowest BCUT2D eigenvalue weighted by molar-refractivity contribution is -0.140. The van der Waals surface area contributed by atoms with Crippen LogP contribution in [0.25, 0.3) is 0 Å². The van der Waals surface area contributed by atoms with Gasteiger partial charge in [-0.3, -0.25) is 9.59 Å². The zero-order valence-corrected chi connectivity index (χ0v) is 27.0. The molecule has 0 spiro atoms. The van der Waals surface area contributed by atoms with Crippen LogP contribution in [0.2, 0.25) is 20.1 Å². The van der Waals surface area contributed by atoms with Gasteiger partial charge in [0.05, 0.1) is 32.2 Å². The molecule has 0 aliphatic heterocycles. The first-order chi connectivity index (χ1) is 20.0. The Hall–Kier alpha value is -3.17. The molecular weight excluding hydrogens is 681 g/mol. The van der Waals surface area contributed by atoms with E-state index in [1.165, 1.54) is 0 Å². The van der Waals surface area contributed by atoms with E-state index in [9.17, 15) is 9.59 Å². The Balaban J connectivity index is 0.000000375. The molecule has 228 valence electrons. The molecule has 4 aromatic rings. The van der Waals surface area contributed by atoms with Gasteiger partial charge in [-0.2, -0.15) is 0 Å². The molecule has 0 saturated heterocycles. The summed E-state index contributed by atoms with van der Waals surface area (Å²) in [4.78, 5) is 36.6. The van der Waals surface area contributed by atoms with Gasteiger partial charge in [-0.25, -0.2) is 10.3 Å². The maximum absolute atomic E-state index is 11.6. The molecular formula is C30H26Cl6N2O5. The predicted molar refractivity (Wildman–Crippen MR) is 178 cm³/mol. The van der Waals surface area contributed by atoms with Crippen molar-refractivity contribution < 1.29 is 24.3 Å². The number of benzene rings is 4. The lowest BCUT2D eigenvalue weighted by atomic mass is 10.1. The highest BCUT2D eigenvalue weighted by Crippen LogP contribution is 2.34. The van der Waals surface area contributed by atoms with E-state index in [4.69, 9.17) is 72.7 Å². The number of rotatable bonds is 8. The summed E-state index contributed by atoms with van der Waals surface area (Å²) in [5.41, 5.74) is 5.90. The highest BCUT2D eigenvalue weighted by Gasteiger charge is 2.11. The standard InChI is InChI=1S/C14H10Cl3NO.C14H11Cl2NO2.C2H4O2.ClH/c15-10-5-3-6-11(16)14(10)18-12-7-2-1-4-9(12)8-13(17)19;15-11-7-4-8-12(16)14(11)17-19-13(18)9-10-5-2-1-3-6-10;1-2(3)4;/h1-7,18H,8H2;1-8,17H,9H2;1H3,(H,3,4);1H. The summed E-state index contributed by atoms with van der Waals surface area (Å²) in [5.74, 6) is -1.25. The fourth-order valence-electron chi connectivity index (χ4n) is 3.20. The first kappa shape index (κ1) is 37.9. The second-order valence-electron chi connectivity index (χ2n) is 8.26. The molecule has 7 nitrogen and oxygen atoms in total. The van der Waals surface area contributed by atoms with E-state index in [1.54, 1.807) is 36.4 Å². The van der Waals surface area contributed by atoms with Crippen LogP contribution in [0.4, 0.5) is 17.1 Å². The quantitative estimate of drug-likeness (QED) is 0.124. The Labute approximate surface area is 280 Å². The summed E-state index contributed by atoms with van der Waals surface area (Å²) >= 11 is 29.5. The topological polar surface area (TPSA) is 105 Å². The van der Waals surface area contributed by atoms with E-state index in [-0.39, 0.29) is 25.2 Å². The van der Waals surface area contributed by atoms with Gasteiger partial charge in [0, 0.05) is 19.0 Å². The smallest absolute Gasteiger partial charge is 0.336 e. The van der Waals surface area contributed by atoms with Gasteiger partial charge in [-0.05, 0) is 53.1 Å². The number of hydrogen-bond acceptors (Lipinski definition) is 6. The van der Waals surface area contributed by atoms with E-state index in [0.717, 1.165) is 23.7 Å². The van der Waals surface area contributed by atoms with E-state index in [2.05, 4.69) is 10.8 Å². The van der Waals surface area contributed by atoms with Crippen LogP contribution in [0.1, 0.15) is 18.1 Å². The van der Waals surface area contributed by atoms with Crippen LogP contribution in [0.3, 0.4) is 0 Å². The van der Waals surface area contributed by atoms with Crippen LogP contribution >= 0.6 is 70.4 Å². The molecule has 0 saturated carbocycles. The molecule has 0 heterocycles. The molecule has 0 aliphatic carbocycles. The monoisotopic (exact) mass is 704 g/mol. The maximum atomic E-state index is 11.6. The van der Waals surface area contributed by atoms with Crippen molar-refractivity contribution in [2.45, 2.75) is 19.8 Å². The average Bonchev–Trinajstić information content (AvgIpc) is 2.92. The van der Waals surface area contributed by atoms with Gasteiger partial charge in [-0.15, -0.1) is 12.4 Å². The highest BCUT2D eigenvalue weighted by molar-refractivity contribution is 6.63. The van der Waals surface area contributed by atoms with Gasteiger partial charge in [-0.1, -0.05) is 107 Å². The Kier molecular flexibility index (Phi) is 17.5. The van der Waals surface area contributed by atoms with Gasteiger partial charge in [0.25, 0.3) is 5.97 Å². The number of carboxylic acids is 1. The summed E-state index contributed by atoms with van der Waals surface area (Å²) in [7, 11) is 0. The maximum Gasteiger partial charge on any atom is 0.336 e. The molecule has 0 unspecified atom stereocenters. The van der Waals surface area contributed by atoms with Crippen molar-refractivity contribution in [1.82, 2.24) is 0 Å². The third kappa shape index (κ3) is 14.2. The van der Waals surface area contributed by atoms with Crippen molar-refractivity contribution in [2.24, 2.45) is 0 Å². The average molecular weight is 707 g/mol. The van der Waals surface area contributed by atoms with Crippen molar-refractivity contribution in [3.8, 4) is 0 Å². The van der Waals surface area contributed by atoms with Crippen LogP contribution in [-0.2, 0) is 32.1 Å². The number of carboxylic acid groups (broad SMARTS) is 1. The van der Waals surface area contributed by atoms with E-state index in [1.807, 2.05) is 54.6 Å². The first-order valence-corrected chi connectivity index (χ1v) is 14.0. The largest absolute Gasteiger partial charge is 0.481 e. The highest BCUT2D eigenvalue weighted by atomic mass is 35.5. The number of para-hydroxylation sites is 3. The molecule has 3 N–H and O–H groups in total. The number of halogens is 6. The SMILES string of the molecule is CC(=O)O.Cl.O=C(Cc1ccccc1)ONc1c(Cl)cccc1Cl.O=C(Cl)Cc1ccccc1Nc1c(Cl)cccc1Cl. The third-order valence-electron chi connectivity index (χ3n) is 4.99. The van der Waals surface area contributed by atoms with Crippen LogP contribution < -0.4 is 10.8 Å². The molecule has 13 heteroatoms. The lowest BCUT2D eigenvalue weighted by Crippen LogP contribution is -2.13. The minimum Gasteiger partial charge on any atom is -0.481 e. The first-order valence-electron chi connectivity index (χ1n) is 12.1. The summed E-state index contributed by atoms with van der Waals surface area (Å²) in [6, 6.07) is 26.9. The minimum absolute atomic E-state index is 0. The summed E-state index contributed by atoms with van der Waals surface area (Å²) in [6.45, 7) is 1.08. The van der Waals surface area contributed by atoms with Crippen molar-refractivity contribution in [3.05, 3.63) is 122 Å². The van der Waals surface area contributed by atoms with Crippen molar-refractivity contribution >= 4 is 105 Å². The van der Waals surface area contributed by atoms with Gasteiger partial charge in [0.15, 0.2) is 0 Å². The summed E-state index contributed by atoms with van der Waals surface area (Å²) in [6.07, 6.45) is 0.322. The van der Waals surface area contributed by atoms with E-state index in [0.29, 0.717) is 31.5 Å². The number of aliphatic carboxylic acids is 1. The van der Waals surface area contributed by atoms with Crippen LogP contribution in [0.15, 0.2) is 91.0 Å². The number of carbonyl (C=O) groups excluding carboxylic acids is 2. The van der Waals surface area contributed by atoms with E-state index < -0.39 is 17.2 Å². The lowest BCUT2D eigenvalue weighted by Gasteiger charge is -2.13. The number of anilines is 3. The Bertz CT molecular complexity index is 1460. The van der Waals surface area contributed by atoms with Crippen LogP contribution in [0.5, 0.6) is 0 Å². The van der Waals surface area contributed by atoms with Crippen LogP contribution in [-0.4, -0.2) is 22.3 Å². The number of nitrogens with one attached hydrogen (secondary N) is 2. The number of hydrogen-bond donors (Lipinski definition) is 3. The zero-order chi connectivity index (χ0) is 31.1. The van der Waals surface area contributed by atoms with Gasteiger partial charge < -0.3 is 15.3 Å². The molecule has 4 rings (SSSR count). The molecule has 43 heavy (non-hydrogen) atoms. The predicted octanol–water partition coefficient (Wildman–Crippen LogP) is 9.66. The van der Waals surface area contributed by atoms with Gasteiger partial charge in [0.2, 0.25) is 5.24 Å². The molecule has 0 aromatic heterocycles. The Morgan fingerprint density at radius 3 is 1.67 bits per heavy atom. The minimum atomic E-state index is -0.833. The van der Waals surface area contributed by atoms with Gasteiger partial charge >= 0.3 is 5.97 Å².